The fourth-order valence-electron chi connectivity index (χ4n) is 4.20. The van der Waals surface area contributed by atoms with Crippen LogP contribution in [0.15, 0.2) is 114 Å². The normalized spacial score (nSPS) is 11.8. The summed E-state index contributed by atoms with van der Waals surface area (Å²) in [7, 11) is -3.60. The predicted molar refractivity (Wildman–Crippen MR) is 160 cm³/mol. The molecule has 0 radical (unpaired) electrons. The molecule has 0 fully saturated rings. The van der Waals surface area contributed by atoms with Crippen molar-refractivity contribution in [3.05, 3.63) is 137 Å². The van der Waals surface area contributed by atoms with Crippen LogP contribution in [0.25, 0.3) is 5.57 Å². The number of pyridine rings is 1. The first-order chi connectivity index (χ1) is 19.4. The summed E-state index contributed by atoms with van der Waals surface area (Å²) in [6.07, 6.45) is 8.21. The van der Waals surface area contributed by atoms with Crippen LogP contribution in [0.4, 0.5) is 0 Å². The number of hydrogen-bond acceptors (Lipinski definition) is 4. The van der Waals surface area contributed by atoms with Crippen LogP contribution in [0.5, 0.6) is 0 Å². The number of benzene rings is 3. The number of unbranched alkanes of at least 4 members (excludes halogenated alkanes) is 1. The molecule has 0 spiro atoms. The van der Waals surface area contributed by atoms with E-state index in [9.17, 15) is 13.2 Å². The minimum Gasteiger partial charge on any atom is -0.352 e. The Balaban J connectivity index is 1.33. The molecule has 0 aliphatic heterocycles. The van der Waals surface area contributed by atoms with Gasteiger partial charge in [0.15, 0.2) is 0 Å². The van der Waals surface area contributed by atoms with Crippen LogP contribution in [-0.2, 0) is 27.8 Å². The van der Waals surface area contributed by atoms with Gasteiger partial charge in [0.05, 0.1) is 4.90 Å². The second-order valence-corrected chi connectivity index (χ2v) is 11.5. The standard InChI is InChI=1S/C32H32ClN3O3S/c33-29-16-18-30(19-17-29)40(38,39)36-22-20-25-12-14-27(15-13-25)31(28-9-6-21-34-24-28)10-4-5-11-32(37)35-23-26-7-2-1-3-8-26/h1-3,6-10,12-19,21,24,36H,4-5,11,20,22-23H2,(H,35,37)/b31-10-. The van der Waals surface area contributed by atoms with E-state index in [4.69, 9.17) is 11.6 Å². The van der Waals surface area contributed by atoms with Crippen LogP contribution >= 0.6 is 11.6 Å². The summed E-state index contributed by atoms with van der Waals surface area (Å²) in [5, 5.41) is 3.47. The molecule has 0 unspecified atom stereocenters. The summed E-state index contributed by atoms with van der Waals surface area (Å²) in [4.78, 5) is 16.8. The third-order valence-corrected chi connectivity index (χ3v) is 8.09. The quantitative estimate of drug-likeness (QED) is 0.187. The highest BCUT2D eigenvalue weighted by molar-refractivity contribution is 7.89. The van der Waals surface area contributed by atoms with Crippen LogP contribution in [0.3, 0.4) is 0 Å². The van der Waals surface area contributed by atoms with Gasteiger partial charge in [0.2, 0.25) is 15.9 Å². The molecule has 1 heterocycles. The highest BCUT2D eigenvalue weighted by atomic mass is 35.5. The van der Waals surface area contributed by atoms with Gasteiger partial charge in [0.25, 0.3) is 0 Å². The topological polar surface area (TPSA) is 88.2 Å². The monoisotopic (exact) mass is 573 g/mol. The van der Waals surface area contributed by atoms with Crippen LogP contribution in [0.2, 0.25) is 5.02 Å². The van der Waals surface area contributed by atoms with Crippen LogP contribution < -0.4 is 10.0 Å². The Morgan fingerprint density at radius 1 is 0.850 bits per heavy atom. The summed E-state index contributed by atoms with van der Waals surface area (Å²) in [6, 6.07) is 28.0. The fraction of sp³-hybridized carbons (Fsp3) is 0.188. The molecular weight excluding hydrogens is 542 g/mol. The molecular formula is C32H32ClN3O3S. The Kier molecular flexibility index (Phi) is 10.6. The smallest absolute Gasteiger partial charge is 0.240 e. The zero-order chi connectivity index (χ0) is 28.2. The van der Waals surface area contributed by atoms with Crippen LogP contribution in [0.1, 0.15) is 41.5 Å². The van der Waals surface area contributed by atoms with Crippen molar-refractivity contribution in [2.75, 3.05) is 6.54 Å². The summed E-state index contributed by atoms with van der Waals surface area (Å²) >= 11 is 5.86. The Labute approximate surface area is 241 Å². The van der Waals surface area contributed by atoms with Gasteiger partial charge in [-0.2, -0.15) is 0 Å². The molecule has 0 aliphatic carbocycles. The van der Waals surface area contributed by atoms with E-state index in [0.717, 1.165) is 40.7 Å². The Hall–Kier alpha value is -3.78. The van der Waals surface area contributed by atoms with Crippen molar-refractivity contribution in [2.24, 2.45) is 0 Å². The Bertz CT molecular complexity index is 1510. The number of nitrogens with zero attached hydrogens (tertiary/aromatic N) is 1. The van der Waals surface area contributed by atoms with Crippen LogP contribution in [0, 0.1) is 0 Å². The second-order valence-electron chi connectivity index (χ2n) is 9.31. The predicted octanol–water partition coefficient (Wildman–Crippen LogP) is 6.17. The number of sulfonamides is 1. The SMILES string of the molecule is O=C(CCC/C=C(/c1ccc(CCNS(=O)(=O)c2ccc(Cl)cc2)cc1)c1cccnc1)NCc1ccccc1. The molecule has 0 saturated heterocycles. The van der Waals surface area contributed by atoms with E-state index >= 15 is 0 Å². The lowest BCUT2D eigenvalue weighted by molar-refractivity contribution is -0.121. The molecule has 206 valence electrons. The molecule has 0 atom stereocenters. The summed E-state index contributed by atoms with van der Waals surface area (Å²) in [6.45, 7) is 0.813. The van der Waals surface area contributed by atoms with E-state index in [0.29, 0.717) is 24.4 Å². The minimum absolute atomic E-state index is 0.0382. The fourth-order valence-corrected chi connectivity index (χ4v) is 5.35. The molecule has 0 bridgehead atoms. The van der Waals surface area contributed by atoms with Crippen molar-refractivity contribution < 1.29 is 13.2 Å². The number of hydrogen-bond donors (Lipinski definition) is 2. The molecule has 40 heavy (non-hydrogen) atoms. The lowest BCUT2D eigenvalue weighted by atomic mass is 9.96. The molecule has 1 amide bonds. The van der Waals surface area contributed by atoms with Crippen molar-refractivity contribution in [3.8, 4) is 0 Å². The Morgan fingerprint density at radius 3 is 2.30 bits per heavy atom. The maximum absolute atomic E-state index is 12.5. The van der Waals surface area contributed by atoms with Gasteiger partial charge >= 0.3 is 0 Å². The first-order valence-electron chi connectivity index (χ1n) is 13.2. The van der Waals surface area contributed by atoms with Gasteiger partial charge in [0, 0.05) is 42.5 Å². The minimum atomic E-state index is -3.60. The van der Waals surface area contributed by atoms with Crippen molar-refractivity contribution in [2.45, 2.75) is 37.1 Å². The van der Waals surface area contributed by atoms with Crippen molar-refractivity contribution in [1.29, 1.82) is 0 Å². The number of nitrogens with one attached hydrogen (secondary N) is 2. The first kappa shape index (κ1) is 29.2. The molecule has 0 aliphatic rings. The van der Waals surface area contributed by atoms with E-state index in [1.165, 1.54) is 12.1 Å². The van der Waals surface area contributed by atoms with Crippen LogP contribution in [-0.4, -0.2) is 25.9 Å². The number of carbonyl (C=O) groups excluding carboxylic acids is 1. The van der Waals surface area contributed by atoms with Gasteiger partial charge in [-0.15, -0.1) is 0 Å². The maximum atomic E-state index is 12.5. The molecule has 2 N–H and O–H groups in total. The second kappa shape index (κ2) is 14.6. The average Bonchev–Trinajstić information content (AvgIpc) is 2.98. The van der Waals surface area contributed by atoms with Gasteiger partial charge in [-0.1, -0.05) is 78.3 Å². The number of aromatic nitrogens is 1. The van der Waals surface area contributed by atoms with Gasteiger partial charge < -0.3 is 5.32 Å². The number of halogens is 1. The molecule has 0 saturated carbocycles. The van der Waals surface area contributed by atoms with E-state index in [1.54, 1.807) is 18.3 Å². The van der Waals surface area contributed by atoms with Crippen molar-refractivity contribution in [3.63, 3.8) is 0 Å². The van der Waals surface area contributed by atoms with Gasteiger partial charge in [-0.05, 0) is 71.9 Å². The third-order valence-electron chi connectivity index (χ3n) is 6.36. The average molecular weight is 574 g/mol. The van der Waals surface area contributed by atoms with E-state index in [-0.39, 0.29) is 17.3 Å². The first-order valence-corrected chi connectivity index (χ1v) is 15.0. The third kappa shape index (κ3) is 8.88. The highest BCUT2D eigenvalue weighted by Crippen LogP contribution is 2.24. The van der Waals surface area contributed by atoms with Crippen molar-refractivity contribution in [1.82, 2.24) is 15.0 Å². The summed E-state index contributed by atoms with van der Waals surface area (Å²) in [5.74, 6) is 0.0382. The molecule has 4 rings (SSSR count). The van der Waals surface area contributed by atoms with Gasteiger partial charge in [0.1, 0.15) is 0 Å². The molecule has 8 heteroatoms. The highest BCUT2D eigenvalue weighted by Gasteiger charge is 2.13. The molecule has 1 aromatic heterocycles. The lowest BCUT2D eigenvalue weighted by Gasteiger charge is -2.11. The van der Waals surface area contributed by atoms with E-state index in [1.807, 2.05) is 72.9 Å². The van der Waals surface area contributed by atoms with Gasteiger partial charge in [-0.3, -0.25) is 9.78 Å². The Morgan fingerprint density at radius 2 is 1.60 bits per heavy atom. The zero-order valence-electron chi connectivity index (χ0n) is 22.1. The molecule has 6 nitrogen and oxygen atoms in total. The maximum Gasteiger partial charge on any atom is 0.240 e. The molecule has 4 aromatic rings. The summed E-state index contributed by atoms with van der Waals surface area (Å²) in [5.41, 5.74) is 5.18. The lowest BCUT2D eigenvalue weighted by Crippen LogP contribution is -2.25. The summed E-state index contributed by atoms with van der Waals surface area (Å²) < 4.78 is 27.7. The molecule has 3 aromatic carbocycles. The number of allylic oxidation sites excluding steroid dienone is 1. The number of carbonyl (C=O) groups is 1. The largest absolute Gasteiger partial charge is 0.352 e. The van der Waals surface area contributed by atoms with E-state index < -0.39 is 10.0 Å². The number of rotatable bonds is 13. The van der Waals surface area contributed by atoms with E-state index in [2.05, 4.69) is 21.1 Å². The number of amides is 1. The van der Waals surface area contributed by atoms with Gasteiger partial charge in [-0.25, -0.2) is 13.1 Å². The zero-order valence-corrected chi connectivity index (χ0v) is 23.7. The van der Waals surface area contributed by atoms with Crippen molar-refractivity contribution >= 4 is 33.1 Å².